The fourth-order valence-corrected chi connectivity index (χ4v) is 3.56. The van der Waals surface area contributed by atoms with Crippen LogP contribution in [0.4, 0.5) is 0 Å². The minimum absolute atomic E-state index is 0.212. The third-order valence-corrected chi connectivity index (χ3v) is 5.42. The molecule has 1 aromatic carbocycles. The lowest BCUT2D eigenvalue weighted by atomic mass is 10.0. The Morgan fingerprint density at radius 1 is 1.10 bits per heavy atom. The van der Waals surface area contributed by atoms with Crippen molar-refractivity contribution in [2.75, 3.05) is 6.61 Å². The molecular formula is C26H39NO2. The molecule has 3 heteroatoms. The molecule has 1 heterocycles. The number of aliphatic hydroxyl groups is 1. The highest BCUT2D eigenvalue weighted by Crippen LogP contribution is 2.16. The molecule has 29 heavy (non-hydrogen) atoms. The van der Waals surface area contributed by atoms with E-state index < -0.39 is 6.10 Å². The molecule has 1 aromatic rings. The number of allylic oxidation sites excluding steroid dienone is 3. The maximum atomic E-state index is 10.4. The first-order valence-corrected chi connectivity index (χ1v) is 11.5. The van der Waals surface area contributed by atoms with Gasteiger partial charge in [-0.15, -0.1) is 0 Å². The number of nitrogens with zero attached hydrogens (tertiary/aromatic N) is 1. The normalized spacial score (nSPS) is 18.1. The molecule has 160 valence electrons. The number of aliphatic imine (C=N–C) groups is 1. The summed E-state index contributed by atoms with van der Waals surface area (Å²) < 4.78 is 5.65. The molecule has 3 nitrogen and oxygen atoms in total. The van der Waals surface area contributed by atoms with E-state index in [1.165, 1.54) is 56.9 Å². The summed E-state index contributed by atoms with van der Waals surface area (Å²) >= 11 is 0. The number of ether oxygens (including phenoxy) is 1. The molecule has 0 saturated heterocycles. The number of unbranched alkanes of at least 4 members (excludes halogenated alkanes) is 7. The topological polar surface area (TPSA) is 41.8 Å². The number of rotatable bonds is 14. The molecule has 0 saturated carbocycles. The van der Waals surface area contributed by atoms with Crippen molar-refractivity contribution >= 4 is 5.90 Å². The van der Waals surface area contributed by atoms with Crippen molar-refractivity contribution < 1.29 is 9.84 Å². The fraction of sp³-hybridized carbons (Fsp3) is 0.577. The first kappa shape index (κ1) is 23.4. The van der Waals surface area contributed by atoms with Gasteiger partial charge in [0.15, 0.2) is 0 Å². The van der Waals surface area contributed by atoms with Crippen molar-refractivity contribution in [1.82, 2.24) is 0 Å². The molecule has 0 bridgehead atoms. The highest BCUT2D eigenvalue weighted by Gasteiger charge is 2.24. The van der Waals surface area contributed by atoms with Crippen LogP contribution in [-0.4, -0.2) is 29.8 Å². The Hall–Kier alpha value is -1.87. The van der Waals surface area contributed by atoms with E-state index in [2.05, 4.69) is 31.0 Å². The smallest absolute Gasteiger partial charge is 0.216 e. The second kappa shape index (κ2) is 14.2. The molecule has 0 aromatic heterocycles. The molecular weight excluding hydrogens is 358 g/mol. The van der Waals surface area contributed by atoms with Gasteiger partial charge in [-0.1, -0.05) is 87.4 Å². The summed E-state index contributed by atoms with van der Waals surface area (Å²) in [6, 6.07) is 9.65. The summed E-state index contributed by atoms with van der Waals surface area (Å²) in [6.45, 7) is 4.95. The van der Waals surface area contributed by atoms with Gasteiger partial charge in [0, 0.05) is 5.56 Å². The van der Waals surface area contributed by atoms with Gasteiger partial charge in [0.1, 0.15) is 12.6 Å². The van der Waals surface area contributed by atoms with Gasteiger partial charge in [-0.25, -0.2) is 4.99 Å². The quantitative estimate of drug-likeness (QED) is 0.283. The summed E-state index contributed by atoms with van der Waals surface area (Å²) in [4.78, 5) is 4.53. The zero-order valence-electron chi connectivity index (χ0n) is 18.4. The maximum absolute atomic E-state index is 10.4. The van der Waals surface area contributed by atoms with Crippen LogP contribution in [0.25, 0.3) is 0 Å². The van der Waals surface area contributed by atoms with Gasteiger partial charge >= 0.3 is 0 Å². The summed E-state index contributed by atoms with van der Waals surface area (Å²) in [5, 5.41) is 10.4. The van der Waals surface area contributed by atoms with E-state index in [0.29, 0.717) is 12.5 Å². The number of benzene rings is 1. The van der Waals surface area contributed by atoms with Crippen molar-refractivity contribution in [2.24, 2.45) is 4.99 Å². The van der Waals surface area contributed by atoms with Crippen LogP contribution < -0.4 is 0 Å². The molecule has 2 rings (SSSR count). The SMILES string of the molecule is CCCCCCCCC/C(C)=C/CC/C=C/[C@H](O)[C@H]1COC(c2ccccc2)=N1. The number of hydrogen-bond acceptors (Lipinski definition) is 3. The Labute approximate surface area is 177 Å². The Bertz CT molecular complexity index is 648. The maximum Gasteiger partial charge on any atom is 0.216 e. The van der Waals surface area contributed by atoms with E-state index in [-0.39, 0.29) is 6.04 Å². The van der Waals surface area contributed by atoms with Gasteiger partial charge in [0.25, 0.3) is 0 Å². The van der Waals surface area contributed by atoms with E-state index >= 15 is 0 Å². The van der Waals surface area contributed by atoms with Gasteiger partial charge in [0.2, 0.25) is 5.90 Å². The van der Waals surface area contributed by atoms with Crippen molar-refractivity contribution in [3.05, 3.63) is 59.7 Å². The summed E-state index contributed by atoms with van der Waals surface area (Å²) in [6.07, 6.45) is 18.4. The summed E-state index contributed by atoms with van der Waals surface area (Å²) in [5.74, 6) is 0.631. The van der Waals surface area contributed by atoms with Crippen LogP contribution in [0.15, 0.2) is 59.1 Å². The van der Waals surface area contributed by atoms with Crippen LogP contribution in [-0.2, 0) is 4.74 Å². The first-order valence-electron chi connectivity index (χ1n) is 11.5. The van der Waals surface area contributed by atoms with Gasteiger partial charge in [-0.2, -0.15) is 0 Å². The van der Waals surface area contributed by atoms with E-state index in [1.54, 1.807) is 0 Å². The van der Waals surface area contributed by atoms with Crippen LogP contribution in [0.3, 0.4) is 0 Å². The van der Waals surface area contributed by atoms with Crippen molar-refractivity contribution in [3.63, 3.8) is 0 Å². The molecule has 0 aliphatic carbocycles. The third kappa shape index (κ3) is 9.45. The summed E-state index contributed by atoms with van der Waals surface area (Å²) in [7, 11) is 0. The van der Waals surface area contributed by atoms with Crippen molar-refractivity contribution in [1.29, 1.82) is 0 Å². The first-order chi connectivity index (χ1) is 14.2. The van der Waals surface area contributed by atoms with Crippen molar-refractivity contribution in [2.45, 2.75) is 90.2 Å². The largest absolute Gasteiger partial charge is 0.475 e. The Kier molecular flexibility index (Phi) is 11.4. The zero-order valence-corrected chi connectivity index (χ0v) is 18.4. The second-order valence-corrected chi connectivity index (χ2v) is 8.10. The molecule has 2 atom stereocenters. The van der Waals surface area contributed by atoms with Crippen LogP contribution in [0.2, 0.25) is 0 Å². The fourth-order valence-electron chi connectivity index (χ4n) is 3.56. The molecule has 0 spiro atoms. The van der Waals surface area contributed by atoms with E-state index in [4.69, 9.17) is 4.74 Å². The number of aliphatic hydroxyl groups excluding tert-OH is 1. The lowest BCUT2D eigenvalue weighted by molar-refractivity contribution is 0.168. The molecule has 0 amide bonds. The third-order valence-electron chi connectivity index (χ3n) is 5.42. The molecule has 1 aliphatic rings. The Morgan fingerprint density at radius 2 is 1.83 bits per heavy atom. The standard InChI is InChI=1S/C26H39NO2/c1-3-4-5-6-7-8-11-16-22(2)17-12-9-15-20-25(28)24-21-29-26(27-24)23-18-13-10-14-19-23/h10,13-15,17-20,24-25,28H,3-9,11-12,16,21H2,1-2H3/b20-15+,22-17+/t24-,25+/m1/s1. The van der Waals surface area contributed by atoms with E-state index in [0.717, 1.165) is 18.4 Å². The highest BCUT2D eigenvalue weighted by molar-refractivity contribution is 5.95. The average molecular weight is 398 g/mol. The van der Waals surface area contributed by atoms with Crippen LogP contribution in [0.1, 0.15) is 83.6 Å². The Balaban J connectivity index is 1.59. The highest BCUT2D eigenvalue weighted by atomic mass is 16.5. The predicted molar refractivity (Wildman–Crippen MR) is 123 cm³/mol. The monoisotopic (exact) mass is 397 g/mol. The molecule has 0 unspecified atom stereocenters. The second-order valence-electron chi connectivity index (χ2n) is 8.10. The van der Waals surface area contributed by atoms with Crippen LogP contribution in [0, 0.1) is 0 Å². The molecule has 0 radical (unpaired) electrons. The Morgan fingerprint density at radius 3 is 2.59 bits per heavy atom. The van der Waals surface area contributed by atoms with Gasteiger partial charge in [-0.05, 0) is 44.7 Å². The van der Waals surface area contributed by atoms with E-state index in [9.17, 15) is 5.11 Å². The number of hydrogen-bond donors (Lipinski definition) is 1. The lowest BCUT2D eigenvalue weighted by Gasteiger charge is -2.08. The average Bonchev–Trinajstić information content (AvgIpc) is 3.24. The summed E-state index contributed by atoms with van der Waals surface area (Å²) in [5.41, 5.74) is 2.46. The minimum atomic E-state index is -0.589. The van der Waals surface area contributed by atoms with Crippen LogP contribution >= 0.6 is 0 Å². The van der Waals surface area contributed by atoms with Crippen LogP contribution in [0.5, 0.6) is 0 Å². The van der Waals surface area contributed by atoms with Gasteiger partial charge in [-0.3, -0.25) is 0 Å². The minimum Gasteiger partial charge on any atom is -0.475 e. The molecule has 0 fully saturated rings. The van der Waals surface area contributed by atoms with Gasteiger partial charge < -0.3 is 9.84 Å². The van der Waals surface area contributed by atoms with Crippen molar-refractivity contribution in [3.8, 4) is 0 Å². The lowest BCUT2D eigenvalue weighted by Crippen LogP contribution is -2.23. The van der Waals surface area contributed by atoms with Gasteiger partial charge in [0.05, 0.1) is 6.10 Å². The van der Waals surface area contributed by atoms with E-state index in [1.807, 2.05) is 36.4 Å². The zero-order chi connectivity index (χ0) is 20.7. The molecule has 1 N–H and O–H groups in total. The molecule has 1 aliphatic heterocycles. The predicted octanol–water partition coefficient (Wildman–Crippen LogP) is 6.62.